The number of fused-ring (bicyclic) bond motifs is 2. The van der Waals surface area contributed by atoms with Crippen molar-refractivity contribution in [3.05, 3.63) is 17.7 Å². The van der Waals surface area contributed by atoms with Crippen LogP contribution in [0.1, 0.15) is 5.56 Å². The second-order valence-corrected chi connectivity index (χ2v) is 3.89. The van der Waals surface area contributed by atoms with Gasteiger partial charge in [0.25, 0.3) is 0 Å². The van der Waals surface area contributed by atoms with Crippen molar-refractivity contribution in [2.24, 2.45) is 0 Å². The molecule has 84 valence electrons. The minimum Gasteiger partial charge on any atom is -0.454 e. The Kier molecular flexibility index (Phi) is 2.00. The monoisotopic (exact) mass is 220 g/mol. The lowest BCUT2D eigenvalue weighted by Crippen LogP contribution is -2.32. The van der Waals surface area contributed by atoms with E-state index >= 15 is 0 Å². The first-order chi connectivity index (χ1) is 7.75. The van der Waals surface area contributed by atoms with Gasteiger partial charge in [0, 0.05) is 19.7 Å². The first-order valence-electron chi connectivity index (χ1n) is 5.15. The summed E-state index contributed by atoms with van der Waals surface area (Å²) in [6, 6.07) is 3.79. The number of ether oxygens (including phenoxy) is 2. The maximum absolute atomic E-state index is 11.7. The predicted octanol–water partition coefficient (Wildman–Crippen LogP) is 0.481. The fourth-order valence-corrected chi connectivity index (χ4v) is 1.98. The number of hydrogen-bond acceptors (Lipinski definition) is 4. The van der Waals surface area contributed by atoms with Gasteiger partial charge in [0.05, 0.1) is 12.2 Å². The molecule has 2 aliphatic rings. The molecule has 5 nitrogen and oxygen atoms in total. The summed E-state index contributed by atoms with van der Waals surface area (Å²) in [5.74, 6) is 1.52. The Labute approximate surface area is 92.9 Å². The molecule has 0 aliphatic carbocycles. The third-order valence-electron chi connectivity index (χ3n) is 2.90. The SMILES string of the molecule is CN1C(=O)CNCc2cc3c(cc21)OCO3. The van der Waals surface area contributed by atoms with Crippen LogP contribution >= 0.6 is 0 Å². The molecule has 0 saturated heterocycles. The van der Waals surface area contributed by atoms with Crippen molar-refractivity contribution in [1.82, 2.24) is 5.32 Å². The Morgan fingerprint density at radius 1 is 1.25 bits per heavy atom. The average Bonchev–Trinajstić information content (AvgIpc) is 2.68. The van der Waals surface area contributed by atoms with Gasteiger partial charge >= 0.3 is 0 Å². The van der Waals surface area contributed by atoms with Gasteiger partial charge in [-0.05, 0) is 11.6 Å². The predicted molar refractivity (Wildman–Crippen MR) is 57.7 cm³/mol. The van der Waals surface area contributed by atoms with Crippen molar-refractivity contribution in [3.8, 4) is 11.5 Å². The number of amides is 1. The molecule has 0 fully saturated rings. The summed E-state index contributed by atoms with van der Waals surface area (Å²) in [5, 5.41) is 3.09. The van der Waals surface area contributed by atoms with E-state index in [1.165, 1.54) is 0 Å². The molecule has 1 N–H and O–H groups in total. The van der Waals surface area contributed by atoms with E-state index in [9.17, 15) is 4.79 Å². The van der Waals surface area contributed by atoms with E-state index in [4.69, 9.17) is 9.47 Å². The molecule has 3 rings (SSSR count). The summed E-state index contributed by atoms with van der Waals surface area (Å²) in [6.45, 7) is 1.28. The highest BCUT2D eigenvalue weighted by Gasteiger charge is 2.23. The van der Waals surface area contributed by atoms with Gasteiger partial charge in [-0.2, -0.15) is 0 Å². The van der Waals surface area contributed by atoms with Crippen molar-refractivity contribution in [1.29, 1.82) is 0 Å². The van der Waals surface area contributed by atoms with Crippen LogP contribution in [0, 0.1) is 0 Å². The van der Waals surface area contributed by atoms with Crippen LogP contribution in [-0.2, 0) is 11.3 Å². The van der Waals surface area contributed by atoms with Crippen LogP contribution in [0.5, 0.6) is 11.5 Å². The van der Waals surface area contributed by atoms with Crippen LogP contribution in [0.2, 0.25) is 0 Å². The smallest absolute Gasteiger partial charge is 0.240 e. The number of hydrogen-bond donors (Lipinski definition) is 1. The molecule has 2 heterocycles. The highest BCUT2D eigenvalue weighted by atomic mass is 16.7. The minimum absolute atomic E-state index is 0.0533. The van der Waals surface area contributed by atoms with Gasteiger partial charge in [-0.3, -0.25) is 4.79 Å². The van der Waals surface area contributed by atoms with E-state index < -0.39 is 0 Å². The third-order valence-corrected chi connectivity index (χ3v) is 2.90. The lowest BCUT2D eigenvalue weighted by Gasteiger charge is -2.17. The second kappa shape index (κ2) is 3.38. The van der Waals surface area contributed by atoms with Gasteiger partial charge < -0.3 is 19.7 Å². The maximum atomic E-state index is 11.7. The van der Waals surface area contributed by atoms with Crippen LogP contribution in [-0.4, -0.2) is 26.3 Å². The molecule has 0 atom stereocenters. The molecule has 0 spiro atoms. The lowest BCUT2D eigenvalue weighted by atomic mass is 10.1. The summed E-state index contributed by atoms with van der Waals surface area (Å²) >= 11 is 0. The van der Waals surface area contributed by atoms with Gasteiger partial charge in [-0.25, -0.2) is 0 Å². The van der Waals surface area contributed by atoms with E-state index in [1.807, 2.05) is 12.1 Å². The van der Waals surface area contributed by atoms with E-state index in [0.717, 1.165) is 17.0 Å². The molecule has 2 aliphatic heterocycles. The zero-order valence-electron chi connectivity index (χ0n) is 8.95. The van der Waals surface area contributed by atoms with Crippen molar-refractivity contribution >= 4 is 11.6 Å². The Hall–Kier alpha value is -1.75. The van der Waals surface area contributed by atoms with Gasteiger partial charge in [0.1, 0.15) is 0 Å². The molecule has 0 aromatic heterocycles. The van der Waals surface area contributed by atoms with Crippen molar-refractivity contribution in [2.75, 3.05) is 25.3 Å². The Bertz CT molecular complexity index is 459. The van der Waals surface area contributed by atoms with Crippen LogP contribution in [0.4, 0.5) is 5.69 Å². The van der Waals surface area contributed by atoms with Crippen LogP contribution in [0.25, 0.3) is 0 Å². The van der Waals surface area contributed by atoms with Gasteiger partial charge in [0.2, 0.25) is 12.7 Å². The number of carbonyl (C=O) groups excluding carboxylic acids is 1. The Morgan fingerprint density at radius 3 is 2.81 bits per heavy atom. The first-order valence-corrected chi connectivity index (χ1v) is 5.15. The zero-order valence-corrected chi connectivity index (χ0v) is 8.95. The number of likely N-dealkylation sites (N-methyl/N-ethyl adjacent to an activating group) is 1. The summed E-state index contributed by atoms with van der Waals surface area (Å²) in [4.78, 5) is 13.3. The Balaban J connectivity index is 2.12. The molecule has 1 aromatic carbocycles. The maximum Gasteiger partial charge on any atom is 0.240 e. The highest BCUT2D eigenvalue weighted by molar-refractivity contribution is 5.96. The number of nitrogens with one attached hydrogen (secondary N) is 1. The molecule has 0 saturated carbocycles. The third kappa shape index (κ3) is 1.32. The number of rotatable bonds is 0. The number of carbonyl (C=O) groups is 1. The fourth-order valence-electron chi connectivity index (χ4n) is 1.98. The normalized spacial score (nSPS) is 18.3. The molecule has 5 heteroatoms. The summed E-state index contributed by atoms with van der Waals surface area (Å²) in [5.41, 5.74) is 1.94. The first kappa shape index (κ1) is 9.47. The average molecular weight is 220 g/mol. The molecule has 1 amide bonds. The molecule has 0 unspecified atom stereocenters. The summed E-state index contributed by atoms with van der Waals surface area (Å²) in [6.07, 6.45) is 0. The number of anilines is 1. The van der Waals surface area contributed by atoms with Crippen molar-refractivity contribution in [3.63, 3.8) is 0 Å². The van der Waals surface area contributed by atoms with E-state index in [0.29, 0.717) is 18.8 Å². The molecule has 0 bridgehead atoms. The van der Waals surface area contributed by atoms with Crippen molar-refractivity contribution in [2.45, 2.75) is 6.54 Å². The Morgan fingerprint density at radius 2 is 2.00 bits per heavy atom. The van der Waals surface area contributed by atoms with Crippen LogP contribution < -0.4 is 19.7 Å². The van der Waals surface area contributed by atoms with E-state index in [1.54, 1.807) is 11.9 Å². The van der Waals surface area contributed by atoms with Crippen LogP contribution in [0.3, 0.4) is 0 Å². The number of nitrogens with zero attached hydrogens (tertiary/aromatic N) is 1. The molecule has 16 heavy (non-hydrogen) atoms. The van der Waals surface area contributed by atoms with E-state index in [2.05, 4.69) is 5.32 Å². The molecular formula is C11H12N2O3. The fraction of sp³-hybridized carbons (Fsp3) is 0.364. The van der Waals surface area contributed by atoms with Gasteiger partial charge in [-0.1, -0.05) is 0 Å². The topological polar surface area (TPSA) is 50.8 Å². The second-order valence-electron chi connectivity index (χ2n) is 3.89. The standard InChI is InChI=1S/C11H12N2O3/c1-13-8-3-10-9(15-6-16-10)2-7(8)4-12-5-11(13)14/h2-3,12H,4-6H2,1H3. The van der Waals surface area contributed by atoms with Crippen molar-refractivity contribution < 1.29 is 14.3 Å². The van der Waals surface area contributed by atoms with Crippen LogP contribution in [0.15, 0.2) is 12.1 Å². The molecule has 1 aromatic rings. The summed E-state index contributed by atoms with van der Waals surface area (Å²) in [7, 11) is 1.77. The van der Waals surface area contributed by atoms with Gasteiger partial charge in [-0.15, -0.1) is 0 Å². The molecular weight excluding hydrogens is 208 g/mol. The number of benzene rings is 1. The quantitative estimate of drug-likeness (QED) is 0.691. The zero-order chi connectivity index (χ0) is 11.1. The highest BCUT2D eigenvalue weighted by Crippen LogP contribution is 2.38. The van der Waals surface area contributed by atoms with Gasteiger partial charge in [0.15, 0.2) is 11.5 Å². The van der Waals surface area contributed by atoms with E-state index in [-0.39, 0.29) is 12.7 Å². The largest absolute Gasteiger partial charge is 0.454 e. The minimum atomic E-state index is 0.0533. The summed E-state index contributed by atoms with van der Waals surface area (Å²) < 4.78 is 10.6. The lowest BCUT2D eigenvalue weighted by molar-refractivity contribution is -0.117. The molecule has 0 radical (unpaired) electrons.